The number of para-hydroxylation sites is 2. The molecule has 1 N–H and O–H groups in total. The van der Waals surface area contributed by atoms with Gasteiger partial charge in [-0.2, -0.15) is 8.42 Å². The third-order valence-corrected chi connectivity index (χ3v) is 8.44. The van der Waals surface area contributed by atoms with E-state index in [2.05, 4.69) is 17.1 Å². The molecule has 0 radical (unpaired) electrons. The van der Waals surface area contributed by atoms with E-state index >= 15 is 0 Å². The predicted molar refractivity (Wildman–Crippen MR) is 124 cm³/mol. The topological polar surface area (TPSA) is 74.1 Å². The Bertz CT molecular complexity index is 1400. The van der Waals surface area contributed by atoms with Gasteiger partial charge in [0.05, 0.1) is 5.75 Å². The summed E-state index contributed by atoms with van der Waals surface area (Å²) >= 11 is 1.21. The number of nitrogens with one attached hydrogen (secondary N) is 1. The normalized spacial score (nSPS) is 13.8. The Hall–Kier alpha value is -3.10. The molecule has 0 bridgehead atoms. The van der Waals surface area contributed by atoms with Crippen molar-refractivity contribution < 1.29 is 17.2 Å². The van der Waals surface area contributed by atoms with Crippen LogP contribution in [0.3, 0.4) is 0 Å². The number of amides is 1. The summed E-state index contributed by atoms with van der Waals surface area (Å²) in [7, 11) is -3.83. The first-order valence-electron chi connectivity index (χ1n) is 10.3. The summed E-state index contributed by atoms with van der Waals surface area (Å²) in [5.74, 6) is 0.145. The summed E-state index contributed by atoms with van der Waals surface area (Å²) in [4.78, 5) is 18.2. The number of benzene rings is 3. The van der Waals surface area contributed by atoms with Crippen LogP contribution in [0.2, 0.25) is 0 Å². The molecule has 0 saturated carbocycles. The third kappa shape index (κ3) is 3.80. The number of H-pyrrole nitrogens is 1. The van der Waals surface area contributed by atoms with E-state index in [-0.39, 0.29) is 16.6 Å². The number of nitrogens with zero attached hydrogens (tertiary/aromatic N) is 2. The Morgan fingerprint density at radius 2 is 1.62 bits per heavy atom. The maximum Gasteiger partial charge on any atom is 0.336 e. The highest BCUT2D eigenvalue weighted by Crippen LogP contribution is 2.23. The second kappa shape index (κ2) is 8.44. The van der Waals surface area contributed by atoms with Gasteiger partial charge < -0.3 is 4.90 Å². The fourth-order valence-corrected chi connectivity index (χ4v) is 6.68. The van der Waals surface area contributed by atoms with Crippen molar-refractivity contribution in [2.24, 2.45) is 0 Å². The minimum absolute atomic E-state index is 0.00758. The largest absolute Gasteiger partial charge is 0.337 e. The minimum atomic E-state index is -3.83. The van der Waals surface area contributed by atoms with Gasteiger partial charge in [0.1, 0.15) is 4.90 Å². The van der Waals surface area contributed by atoms with Crippen molar-refractivity contribution in [2.45, 2.75) is 23.0 Å². The van der Waals surface area contributed by atoms with Crippen LogP contribution >= 0.6 is 11.8 Å². The molecular weight excluding hydrogens is 442 g/mol. The van der Waals surface area contributed by atoms with E-state index in [1.807, 2.05) is 29.2 Å². The summed E-state index contributed by atoms with van der Waals surface area (Å²) in [6, 6.07) is 23.8. The van der Waals surface area contributed by atoms with Crippen molar-refractivity contribution in [3.05, 3.63) is 90.0 Å². The number of hydrogen-bond donors (Lipinski definition) is 1. The SMILES string of the molecule is O=C(CSc1[nH]c2ccccc2[n+]1S(=O)(=O)c1ccccc1)N1CCc2ccccc2C1. The maximum absolute atomic E-state index is 13.4. The smallest absolute Gasteiger partial charge is 0.336 e. The summed E-state index contributed by atoms with van der Waals surface area (Å²) in [5, 5.41) is 0.417. The molecule has 162 valence electrons. The molecule has 0 fully saturated rings. The average Bonchev–Trinajstić information content (AvgIpc) is 3.22. The Morgan fingerprint density at radius 3 is 2.44 bits per heavy atom. The van der Waals surface area contributed by atoms with E-state index in [0.29, 0.717) is 29.3 Å². The molecule has 1 aliphatic heterocycles. The zero-order chi connectivity index (χ0) is 22.1. The lowest BCUT2D eigenvalue weighted by atomic mass is 10.00. The van der Waals surface area contributed by atoms with Gasteiger partial charge in [-0.25, -0.2) is 4.98 Å². The highest BCUT2D eigenvalue weighted by molar-refractivity contribution is 8.00. The summed E-state index contributed by atoms with van der Waals surface area (Å²) in [6.45, 7) is 1.26. The molecule has 32 heavy (non-hydrogen) atoms. The summed E-state index contributed by atoms with van der Waals surface area (Å²) in [6.07, 6.45) is 0.835. The first kappa shape index (κ1) is 20.8. The summed E-state index contributed by atoms with van der Waals surface area (Å²) in [5.41, 5.74) is 3.71. The molecule has 5 rings (SSSR count). The van der Waals surface area contributed by atoms with Gasteiger partial charge in [-0.3, -0.25) is 4.79 Å². The predicted octanol–water partition coefficient (Wildman–Crippen LogP) is 3.37. The van der Waals surface area contributed by atoms with E-state index in [1.165, 1.54) is 26.9 Å². The number of carbonyl (C=O) groups is 1. The van der Waals surface area contributed by atoms with Crippen LogP contribution in [0.15, 0.2) is 88.9 Å². The van der Waals surface area contributed by atoms with Crippen LogP contribution in [-0.4, -0.2) is 36.5 Å². The molecule has 0 spiro atoms. The van der Waals surface area contributed by atoms with Crippen molar-refractivity contribution >= 4 is 38.7 Å². The van der Waals surface area contributed by atoms with Gasteiger partial charge in [0.15, 0.2) is 11.0 Å². The molecule has 2 heterocycles. The second-order valence-corrected chi connectivity index (χ2v) is 10.4. The fourth-order valence-electron chi connectivity index (χ4n) is 3.99. The van der Waals surface area contributed by atoms with Gasteiger partial charge in [0, 0.05) is 13.1 Å². The Balaban J connectivity index is 1.43. The van der Waals surface area contributed by atoms with E-state index in [4.69, 9.17) is 0 Å². The summed E-state index contributed by atoms with van der Waals surface area (Å²) < 4.78 is 28.2. The van der Waals surface area contributed by atoms with Gasteiger partial charge >= 0.3 is 15.2 Å². The van der Waals surface area contributed by atoms with Crippen LogP contribution in [0.5, 0.6) is 0 Å². The monoisotopic (exact) mass is 464 g/mol. The van der Waals surface area contributed by atoms with Gasteiger partial charge in [-0.05, 0) is 53.6 Å². The lowest BCUT2D eigenvalue weighted by Gasteiger charge is -2.28. The van der Waals surface area contributed by atoms with Crippen LogP contribution in [0, 0.1) is 0 Å². The molecule has 1 aromatic heterocycles. The van der Waals surface area contributed by atoms with E-state index in [9.17, 15) is 13.2 Å². The molecule has 1 aliphatic rings. The standard InChI is InChI=1S/C24H21N3O3S2/c28-23(26-15-14-18-8-4-5-9-19(18)16-26)17-31-24-25-21-12-6-7-13-22(21)27(24)32(29,30)20-10-2-1-3-11-20/h1-13H,14-17H2/p+1. The van der Waals surface area contributed by atoms with Crippen LogP contribution < -0.4 is 3.97 Å². The molecule has 8 heteroatoms. The Morgan fingerprint density at radius 1 is 0.938 bits per heavy atom. The van der Waals surface area contributed by atoms with Crippen LogP contribution in [0.25, 0.3) is 11.0 Å². The lowest BCUT2D eigenvalue weighted by molar-refractivity contribution is -0.526. The van der Waals surface area contributed by atoms with Crippen LogP contribution in [0.1, 0.15) is 11.1 Å². The Labute approximate surface area is 190 Å². The van der Waals surface area contributed by atoms with Crippen molar-refractivity contribution in [3.63, 3.8) is 0 Å². The van der Waals surface area contributed by atoms with E-state index in [0.717, 1.165) is 6.42 Å². The number of aromatic nitrogens is 2. The van der Waals surface area contributed by atoms with Gasteiger partial charge in [-0.15, -0.1) is 3.97 Å². The zero-order valence-corrected chi connectivity index (χ0v) is 18.9. The minimum Gasteiger partial charge on any atom is -0.337 e. The maximum atomic E-state index is 13.4. The highest BCUT2D eigenvalue weighted by Gasteiger charge is 2.32. The van der Waals surface area contributed by atoms with E-state index < -0.39 is 10.0 Å². The number of hydrogen-bond acceptors (Lipinski definition) is 4. The average molecular weight is 465 g/mol. The van der Waals surface area contributed by atoms with E-state index in [1.54, 1.807) is 42.5 Å². The third-order valence-electron chi connectivity index (χ3n) is 5.65. The molecule has 0 unspecified atom stereocenters. The fraction of sp³-hybridized carbons (Fsp3) is 0.167. The molecular formula is C24H22N3O3S2+. The van der Waals surface area contributed by atoms with Gasteiger partial charge in [0.2, 0.25) is 5.91 Å². The van der Waals surface area contributed by atoms with Crippen LogP contribution in [-0.2, 0) is 27.8 Å². The lowest BCUT2D eigenvalue weighted by Crippen LogP contribution is -2.44. The first-order chi connectivity index (χ1) is 15.5. The molecule has 0 saturated heterocycles. The van der Waals surface area contributed by atoms with Crippen molar-refractivity contribution in [3.8, 4) is 0 Å². The van der Waals surface area contributed by atoms with Crippen molar-refractivity contribution in [1.29, 1.82) is 0 Å². The van der Waals surface area contributed by atoms with Crippen LogP contribution in [0.4, 0.5) is 0 Å². The number of aromatic amines is 1. The number of thioether (sulfide) groups is 1. The molecule has 1 amide bonds. The number of fused-ring (bicyclic) bond motifs is 2. The van der Waals surface area contributed by atoms with Crippen molar-refractivity contribution in [1.82, 2.24) is 9.88 Å². The van der Waals surface area contributed by atoms with Crippen molar-refractivity contribution in [2.75, 3.05) is 12.3 Å². The van der Waals surface area contributed by atoms with Gasteiger partial charge in [-0.1, -0.05) is 54.6 Å². The Kier molecular flexibility index (Phi) is 5.48. The molecule has 3 aromatic carbocycles. The number of imidazole rings is 1. The molecule has 4 aromatic rings. The number of carbonyl (C=O) groups excluding carboxylic acids is 1. The second-order valence-electron chi connectivity index (χ2n) is 7.65. The molecule has 0 aliphatic carbocycles. The quantitative estimate of drug-likeness (QED) is 0.363. The molecule has 0 atom stereocenters. The molecule has 6 nitrogen and oxygen atoms in total. The van der Waals surface area contributed by atoms with Gasteiger partial charge in [0.25, 0.3) is 0 Å². The first-order valence-corrected chi connectivity index (χ1v) is 12.8. The highest BCUT2D eigenvalue weighted by atomic mass is 32.2. The zero-order valence-electron chi connectivity index (χ0n) is 17.3. The number of rotatable bonds is 5.